The van der Waals surface area contributed by atoms with Crippen LogP contribution < -0.4 is 5.32 Å². The van der Waals surface area contributed by atoms with Gasteiger partial charge in [0.2, 0.25) is 0 Å². The zero-order chi connectivity index (χ0) is 13.1. The Bertz CT molecular complexity index is 453. The molecule has 1 saturated heterocycles. The first-order valence-electron chi connectivity index (χ1n) is 5.80. The second-order valence-electron chi connectivity index (χ2n) is 4.37. The number of morpholine rings is 1. The molecule has 2 rings (SSSR count). The van der Waals surface area contributed by atoms with Crippen LogP contribution >= 0.6 is 11.6 Å². The molecular formula is C12H16ClN3O2. The fraction of sp³-hybridized carbons (Fsp3) is 0.500. The first-order valence-corrected chi connectivity index (χ1v) is 6.18. The minimum absolute atomic E-state index is 0.172. The van der Waals surface area contributed by atoms with E-state index in [1.807, 2.05) is 7.05 Å². The SMILES string of the molecule is Cc1nccc(NC(=O)[C@@H]2CN(C)CCO2)c1Cl. The van der Waals surface area contributed by atoms with E-state index in [1.54, 1.807) is 19.2 Å². The lowest BCUT2D eigenvalue weighted by Crippen LogP contribution is -2.46. The molecule has 0 spiro atoms. The Hall–Kier alpha value is -1.17. The van der Waals surface area contributed by atoms with Crippen molar-refractivity contribution in [1.29, 1.82) is 0 Å². The summed E-state index contributed by atoms with van der Waals surface area (Å²) in [7, 11) is 1.96. The maximum atomic E-state index is 12.0. The number of amides is 1. The van der Waals surface area contributed by atoms with Crippen molar-refractivity contribution in [3.63, 3.8) is 0 Å². The summed E-state index contributed by atoms with van der Waals surface area (Å²) in [5.74, 6) is -0.172. The third kappa shape index (κ3) is 2.98. The minimum atomic E-state index is -0.451. The Balaban J connectivity index is 2.04. The lowest BCUT2D eigenvalue weighted by Gasteiger charge is -2.29. The molecule has 1 amide bonds. The number of carbonyl (C=O) groups excluding carboxylic acids is 1. The summed E-state index contributed by atoms with van der Waals surface area (Å²) < 4.78 is 5.44. The van der Waals surface area contributed by atoms with E-state index >= 15 is 0 Å². The topological polar surface area (TPSA) is 54.5 Å². The van der Waals surface area contributed by atoms with Crippen molar-refractivity contribution in [1.82, 2.24) is 9.88 Å². The zero-order valence-corrected chi connectivity index (χ0v) is 11.2. The number of nitrogens with zero attached hydrogens (tertiary/aromatic N) is 2. The fourth-order valence-electron chi connectivity index (χ4n) is 1.79. The van der Waals surface area contributed by atoms with Crippen molar-refractivity contribution in [2.24, 2.45) is 0 Å². The molecule has 1 aromatic rings. The summed E-state index contributed by atoms with van der Waals surface area (Å²) in [5, 5.41) is 3.25. The number of anilines is 1. The van der Waals surface area contributed by atoms with Crippen LogP contribution in [0.2, 0.25) is 5.02 Å². The molecule has 5 nitrogen and oxygen atoms in total. The monoisotopic (exact) mass is 269 g/mol. The lowest BCUT2D eigenvalue weighted by atomic mass is 10.2. The Morgan fingerprint density at radius 2 is 2.44 bits per heavy atom. The molecule has 1 aromatic heterocycles. The molecule has 2 heterocycles. The average Bonchev–Trinajstić information content (AvgIpc) is 2.35. The van der Waals surface area contributed by atoms with Gasteiger partial charge in [-0.05, 0) is 20.0 Å². The molecule has 0 radical (unpaired) electrons. The van der Waals surface area contributed by atoms with Gasteiger partial charge in [0.25, 0.3) is 5.91 Å². The van der Waals surface area contributed by atoms with Crippen LogP contribution in [-0.4, -0.2) is 48.6 Å². The first-order chi connectivity index (χ1) is 8.58. The van der Waals surface area contributed by atoms with E-state index in [9.17, 15) is 4.79 Å². The summed E-state index contributed by atoms with van der Waals surface area (Å²) in [6.45, 7) is 3.80. The van der Waals surface area contributed by atoms with Crippen LogP contribution in [0.15, 0.2) is 12.3 Å². The number of aromatic nitrogens is 1. The van der Waals surface area contributed by atoms with Crippen LogP contribution in [0.5, 0.6) is 0 Å². The molecule has 0 saturated carbocycles. The molecular weight excluding hydrogens is 254 g/mol. The Morgan fingerprint density at radius 1 is 1.67 bits per heavy atom. The van der Waals surface area contributed by atoms with E-state index < -0.39 is 6.10 Å². The van der Waals surface area contributed by atoms with Gasteiger partial charge in [-0.1, -0.05) is 11.6 Å². The standard InChI is InChI=1S/C12H16ClN3O2/c1-8-11(13)9(3-4-14-8)15-12(17)10-7-16(2)5-6-18-10/h3-4,10H,5-7H2,1-2H3,(H,14,15,17)/t10-/m0/s1. The number of nitrogens with one attached hydrogen (secondary N) is 1. The summed E-state index contributed by atoms with van der Waals surface area (Å²) in [6.07, 6.45) is 1.17. The molecule has 0 aromatic carbocycles. The highest BCUT2D eigenvalue weighted by Gasteiger charge is 2.25. The van der Waals surface area contributed by atoms with E-state index in [0.29, 0.717) is 29.6 Å². The Labute approximate surface area is 111 Å². The molecule has 6 heteroatoms. The summed E-state index contributed by atoms with van der Waals surface area (Å²) >= 11 is 6.08. The largest absolute Gasteiger partial charge is 0.366 e. The maximum Gasteiger partial charge on any atom is 0.254 e. The molecule has 0 bridgehead atoms. The van der Waals surface area contributed by atoms with Gasteiger partial charge in [-0.2, -0.15) is 0 Å². The number of carbonyl (C=O) groups is 1. The first kappa shape index (κ1) is 13.3. The third-order valence-electron chi connectivity index (χ3n) is 2.88. The number of hydrogen-bond acceptors (Lipinski definition) is 4. The number of hydrogen-bond donors (Lipinski definition) is 1. The van der Waals surface area contributed by atoms with Crippen LogP contribution in [0.25, 0.3) is 0 Å². The van der Waals surface area contributed by atoms with Crippen molar-refractivity contribution >= 4 is 23.2 Å². The second-order valence-corrected chi connectivity index (χ2v) is 4.75. The van der Waals surface area contributed by atoms with Crippen molar-refractivity contribution in [2.75, 3.05) is 32.1 Å². The number of aryl methyl sites for hydroxylation is 1. The van der Waals surface area contributed by atoms with Crippen molar-refractivity contribution in [3.8, 4) is 0 Å². The van der Waals surface area contributed by atoms with Crippen molar-refractivity contribution in [3.05, 3.63) is 23.0 Å². The molecule has 1 aliphatic heterocycles. The second kappa shape index (κ2) is 5.65. The summed E-state index contributed by atoms with van der Waals surface area (Å²) in [4.78, 5) is 18.1. The van der Waals surface area contributed by atoms with Crippen LogP contribution in [-0.2, 0) is 9.53 Å². The summed E-state index contributed by atoms with van der Waals surface area (Å²) in [6, 6.07) is 1.68. The smallest absolute Gasteiger partial charge is 0.254 e. The van der Waals surface area contributed by atoms with E-state index in [1.165, 1.54) is 0 Å². The molecule has 1 fully saturated rings. The van der Waals surface area contributed by atoms with Gasteiger partial charge in [0.05, 0.1) is 23.0 Å². The van der Waals surface area contributed by atoms with Gasteiger partial charge in [0.1, 0.15) is 6.10 Å². The molecule has 0 aliphatic carbocycles. The number of halogens is 1. The summed E-state index contributed by atoms with van der Waals surface area (Å²) in [5.41, 5.74) is 1.27. The predicted octanol–water partition coefficient (Wildman–Crippen LogP) is 1.31. The van der Waals surface area contributed by atoms with E-state index in [2.05, 4.69) is 15.2 Å². The van der Waals surface area contributed by atoms with Gasteiger partial charge >= 0.3 is 0 Å². The molecule has 1 N–H and O–H groups in total. The van der Waals surface area contributed by atoms with Crippen LogP contribution in [0.3, 0.4) is 0 Å². The average molecular weight is 270 g/mol. The van der Waals surface area contributed by atoms with Gasteiger partial charge in [-0.15, -0.1) is 0 Å². The lowest BCUT2D eigenvalue weighted by molar-refractivity contribution is -0.132. The predicted molar refractivity (Wildman–Crippen MR) is 69.9 cm³/mol. The molecule has 1 atom stereocenters. The zero-order valence-electron chi connectivity index (χ0n) is 10.4. The van der Waals surface area contributed by atoms with Gasteiger partial charge in [0, 0.05) is 19.3 Å². The Kier molecular flexibility index (Phi) is 4.16. The molecule has 18 heavy (non-hydrogen) atoms. The number of pyridine rings is 1. The third-order valence-corrected chi connectivity index (χ3v) is 3.36. The van der Waals surface area contributed by atoms with E-state index in [0.717, 1.165) is 6.54 Å². The van der Waals surface area contributed by atoms with Crippen molar-refractivity contribution < 1.29 is 9.53 Å². The fourth-order valence-corrected chi connectivity index (χ4v) is 1.95. The minimum Gasteiger partial charge on any atom is -0.366 e. The highest BCUT2D eigenvalue weighted by Crippen LogP contribution is 2.23. The van der Waals surface area contributed by atoms with Crippen LogP contribution in [0.1, 0.15) is 5.69 Å². The number of likely N-dealkylation sites (N-methyl/N-ethyl adjacent to an activating group) is 1. The molecule has 1 aliphatic rings. The number of ether oxygens (including phenoxy) is 1. The van der Waals surface area contributed by atoms with Crippen LogP contribution in [0, 0.1) is 6.92 Å². The Morgan fingerprint density at radius 3 is 3.17 bits per heavy atom. The van der Waals surface area contributed by atoms with Gasteiger partial charge in [-0.25, -0.2) is 0 Å². The highest BCUT2D eigenvalue weighted by molar-refractivity contribution is 6.34. The van der Waals surface area contributed by atoms with Crippen LogP contribution in [0.4, 0.5) is 5.69 Å². The molecule has 0 unspecified atom stereocenters. The highest BCUT2D eigenvalue weighted by atomic mass is 35.5. The maximum absolute atomic E-state index is 12.0. The van der Waals surface area contributed by atoms with E-state index in [-0.39, 0.29) is 5.91 Å². The number of rotatable bonds is 2. The molecule has 98 valence electrons. The quantitative estimate of drug-likeness (QED) is 0.880. The van der Waals surface area contributed by atoms with Gasteiger partial charge in [0.15, 0.2) is 0 Å². The van der Waals surface area contributed by atoms with Gasteiger partial charge < -0.3 is 15.0 Å². The van der Waals surface area contributed by atoms with Crippen molar-refractivity contribution in [2.45, 2.75) is 13.0 Å². The van der Waals surface area contributed by atoms with E-state index in [4.69, 9.17) is 16.3 Å². The normalized spacial score (nSPS) is 20.7. The van der Waals surface area contributed by atoms with Gasteiger partial charge in [-0.3, -0.25) is 9.78 Å².